The van der Waals surface area contributed by atoms with Crippen molar-refractivity contribution in [1.82, 2.24) is 0 Å². The van der Waals surface area contributed by atoms with Crippen molar-refractivity contribution in [1.29, 1.82) is 0 Å². The molecule has 9 heavy (non-hydrogen) atoms. The van der Waals surface area contributed by atoms with E-state index in [1.54, 1.807) is 12.1 Å². The van der Waals surface area contributed by atoms with Gasteiger partial charge in [0.15, 0.2) is 0 Å². The molecule has 1 nitrogen and oxygen atoms in total. The molecule has 1 aromatic rings. The van der Waals surface area contributed by atoms with Gasteiger partial charge in [0.2, 0.25) is 0 Å². The molecule has 0 heterocycles. The van der Waals surface area contributed by atoms with E-state index in [9.17, 15) is 0 Å². The molecule has 0 atom stereocenters. The molecular weight excluding hydrogens is 136 g/mol. The van der Waals surface area contributed by atoms with Crippen LogP contribution in [-0.4, -0.2) is 5.11 Å². The van der Waals surface area contributed by atoms with E-state index >= 15 is 0 Å². The number of benzene rings is 1. The average Bonchev–Trinajstić information content (AvgIpc) is 1.89. The molecule has 0 amide bonds. The summed E-state index contributed by atoms with van der Waals surface area (Å²) in [4.78, 5) is 0. The van der Waals surface area contributed by atoms with Gasteiger partial charge >= 0.3 is 0 Å². The summed E-state index contributed by atoms with van der Waals surface area (Å²) in [5.74, 6) is 0. The molecule has 1 N–H and O–H groups in total. The van der Waals surface area contributed by atoms with Gasteiger partial charge in [-0.2, -0.15) is 0 Å². The maximum absolute atomic E-state index is 8.51. The summed E-state index contributed by atoms with van der Waals surface area (Å²) in [7, 11) is 0. The molecule has 0 bridgehead atoms. The fraction of sp³-hybridized carbons (Fsp3) is 0. The first-order valence-electron chi connectivity index (χ1n) is 2.56. The second-order valence-corrected chi connectivity index (χ2v) is 2.06. The van der Waals surface area contributed by atoms with Crippen molar-refractivity contribution in [3.63, 3.8) is 0 Å². The van der Waals surface area contributed by atoms with Gasteiger partial charge in [-0.05, 0) is 6.07 Å². The number of hydrogen-bond donors (Lipinski definition) is 1. The minimum atomic E-state index is 0.569. The summed E-state index contributed by atoms with van der Waals surface area (Å²) < 4.78 is 0. The molecule has 0 aliphatic rings. The molecular formula is C7H6ClO. The molecule has 1 aromatic carbocycles. The third-order valence-corrected chi connectivity index (χ3v) is 1.39. The first kappa shape index (κ1) is 6.59. The van der Waals surface area contributed by atoms with Crippen molar-refractivity contribution in [2.75, 3.05) is 0 Å². The van der Waals surface area contributed by atoms with Gasteiger partial charge in [-0.15, -0.1) is 0 Å². The van der Waals surface area contributed by atoms with Gasteiger partial charge in [0.05, 0.1) is 0 Å². The first-order chi connectivity index (χ1) is 4.34. The Morgan fingerprint density at radius 2 is 2.00 bits per heavy atom. The van der Waals surface area contributed by atoms with E-state index in [0.29, 0.717) is 10.6 Å². The summed E-state index contributed by atoms with van der Waals surface area (Å²) in [5.41, 5.74) is 0.652. The minimum absolute atomic E-state index is 0.569. The molecule has 0 unspecified atom stereocenters. The first-order valence-corrected chi connectivity index (χ1v) is 2.94. The number of aliphatic hydroxyl groups is 1. The molecule has 1 rings (SSSR count). The Hall–Kier alpha value is -0.530. The SMILES string of the molecule is O[CH]c1ccccc1Cl. The zero-order valence-corrected chi connectivity index (χ0v) is 5.47. The molecule has 0 spiro atoms. The maximum atomic E-state index is 8.51. The van der Waals surface area contributed by atoms with Gasteiger partial charge in [-0.25, -0.2) is 0 Å². The van der Waals surface area contributed by atoms with Crippen molar-refractivity contribution < 1.29 is 5.11 Å². The third-order valence-electron chi connectivity index (χ3n) is 1.04. The van der Waals surface area contributed by atoms with Gasteiger partial charge in [-0.1, -0.05) is 29.8 Å². The van der Waals surface area contributed by atoms with Crippen molar-refractivity contribution in [2.24, 2.45) is 0 Å². The Labute approximate surface area is 58.9 Å². The second kappa shape index (κ2) is 2.85. The van der Waals surface area contributed by atoms with Crippen LogP contribution >= 0.6 is 11.6 Å². The van der Waals surface area contributed by atoms with E-state index in [2.05, 4.69) is 0 Å². The molecule has 2 heteroatoms. The third kappa shape index (κ3) is 1.44. The highest BCUT2D eigenvalue weighted by molar-refractivity contribution is 6.31. The fourth-order valence-corrected chi connectivity index (χ4v) is 0.764. The molecule has 0 fully saturated rings. The van der Waals surface area contributed by atoms with Crippen LogP contribution in [0.25, 0.3) is 0 Å². The average molecular weight is 142 g/mol. The second-order valence-electron chi connectivity index (χ2n) is 1.65. The number of halogens is 1. The lowest BCUT2D eigenvalue weighted by Crippen LogP contribution is -1.78. The van der Waals surface area contributed by atoms with Crippen LogP contribution < -0.4 is 0 Å². The van der Waals surface area contributed by atoms with Crippen LogP contribution in [0.1, 0.15) is 5.56 Å². The van der Waals surface area contributed by atoms with E-state index in [1.807, 2.05) is 12.1 Å². The van der Waals surface area contributed by atoms with E-state index < -0.39 is 0 Å². The number of hydrogen-bond acceptors (Lipinski definition) is 1. The van der Waals surface area contributed by atoms with Crippen LogP contribution in [0.2, 0.25) is 5.02 Å². The van der Waals surface area contributed by atoms with Crippen molar-refractivity contribution >= 4 is 11.6 Å². The van der Waals surface area contributed by atoms with Crippen LogP contribution in [-0.2, 0) is 0 Å². The lowest BCUT2D eigenvalue weighted by atomic mass is 10.2. The van der Waals surface area contributed by atoms with Gasteiger partial charge in [0.1, 0.15) is 6.61 Å². The predicted octanol–water partition coefficient (Wildman–Crippen LogP) is 2.22. The topological polar surface area (TPSA) is 20.2 Å². The van der Waals surface area contributed by atoms with Crippen LogP contribution in [0.15, 0.2) is 24.3 Å². The van der Waals surface area contributed by atoms with E-state index in [-0.39, 0.29) is 0 Å². The van der Waals surface area contributed by atoms with Crippen molar-refractivity contribution in [3.8, 4) is 0 Å². The summed E-state index contributed by atoms with van der Waals surface area (Å²) >= 11 is 5.63. The van der Waals surface area contributed by atoms with E-state index in [0.717, 1.165) is 6.61 Å². The molecule has 47 valence electrons. The van der Waals surface area contributed by atoms with Crippen molar-refractivity contribution in [3.05, 3.63) is 41.5 Å². The molecule has 0 aliphatic carbocycles. The summed E-state index contributed by atoms with van der Waals surface area (Å²) in [6, 6.07) is 7.09. The highest BCUT2D eigenvalue weighted by atomic mass is 35.5. The fourth-order valence-electron chi connectivity index (χ4n) is 0.580. The Morgan fingerprint density at radius 1 is 1.33 bits per heavy atom. The quantitative estimate of drug-likeness (QED) is 0.636. The normalized spacial score (nSPS) is 9.56. The summed E-state index contributed by atoms with van der Waals surface area (Å²) in [6.45, 7) is 0.988. The van der Waals surface area contributed by atoms with Crippen LogP contribution in [0, 0.1) is 6.61 Å². The van der Waals surface area contributed by atoms with Gasteiger partial charge in [0.25, 0.3) is 0 Å². The summed E-state index contributed by atoms with van der Waals surface area (Å²) in [5, 5.41) is 9.08. The summed E-state index contributed by atoms with van der Waals surface area (Å²) in [6.07, 6.45) is 0. The van der Waals surface area contributed by atoms with Gasteiger partial charge in [-0.3, -0.25) is 0 Å². The molecule has 0 saturated carbocycles. The van der Waals surface area contributed by atoms with E-state index in [1.165, 1.54) is 0 Å². The largest absolute Gasteiger partial charge is 0.385 e. The Balaban J connectivity index is 3.01. The lowest BCUT2D eigenvalue weighted by Gasteiger charge is -1.94. The zero-order valence-electron chi connectivity index (χ0n) is 4.71. The van der Waals surface area contributed by atoms with E-state index in [4.69, 9.17) is 16.7 Å². The van der Waals surface area contributed by atoms with Crippen LogP contribution in [0.5, 0.6) is 0 Å². The lowest BCUT2D eigenvalue weighted by molar-refractivity contribution is 0.415. The number of rotatable bonds is 1. The predicted molar refractivity (Wildman–Crippen MR) is 36.8 cm³/mol. The highest BCUT2D eigenvalue weighted by Crippen LogP contribution is 2.14. The van der Waals surface area contributed by atoms with Crippen LogP contribution in [0.4, 0.5) is 0 Å². The van der Waals surface area contributed by atoms with Crippen molar-refractivity contribution in [2.45, 2.75) is 0 Å². The standard InChI is InChI=1S/C7H6ClO/c8-7-4-2-1-3-6(7)5-9/h1-5,9H. The smallest absolute Gasteiger partial charge is 0.111 e. The van der Waals surface area contributed by atoms with Crippen LogP contribution in [0.3, 0.4) is 0 Å². The van der Waals surface area contributed by atoms with Gasteiger partial charge in [0, 0.05) is 10.6 Å². The minimum Gasteiger partial charge on any atom is -0.385 e. The molecule has 0 aromatic heterocycles. The highest BCUT2D eigenvalue weighted by Gasteiger charge is 1.93. The Bertz CT molecular complexity index is 198. The molecule has 1 radical (unpaired) electrons. The monoisotopic (exact) mass is 141 g/mol. The number of aliphatic hydroxyl groups excluding tert-OH is 1. The maximum Gasteiger partial charge on any atom is 0.111 e. The Kier molecular flexibility index (Phi) is 2.09. The Morgan fingerprint density at radius 3 is 2.44 bits per heavy atom. The molecule has 0 saturated heterocycles. The molecule has 0 aliphatic heterocycles. The van der Waals surface area contributed by atoms with Gasteiger partial charge < -0.3 is 5.11 Å². The zero-order chi connectivity index (χ0) is 6.69.